The van der Waals surface area contributed by atoms with E-state index in [2.05, 4.69) is 49.4 Å². The van der Waals surface area contributed by atoms with E-state index in [0.717, 1.165) is 25.9 Å². The maximum absolute atomic E-state index is 12.8. The van der Waals surface area contributed by atoms with Crippen LogP contribution in [-0.2, 0) is 0 Å². The minimum atomic E-state index is -0.337. The van der Waals surface area contributed by atoms with Gasteiger partial charge in [-0.1, -0.05) is 12.1 Å². The highest BCUT2D eigenvalue weighted by molar-refractivity contribution is 5.99. The Kier molecular flexibility index (Phi) is 7.31. The van der Waals surface area contributed by atoms with Crippen molar-refractivity contribution >= 4 is 29.2 Å². The number of carbonyl (C=O) groups excluding carboxylic acids is 1. The van der Waals surface area contributed by atoms with Gasteiger partial charge in [-0.15, -0.1) is 6.58 Å². The van der Waals surface area contributed by atoms with Gasteiger partial charge in [0.15, 0.2) is 11.5 Å². The first-order chi connectivity index (χ1) is 18.1. The molecule has 0 bridgehead atoms. The third-order valence-corrected chi connectivity index (χ3v) is 5.99. The first kappa shape index (κ1) is 24.3. The maximum Gasteiger partial charge on any atom is 0.256 e. The lowest BCUT2D eigenvalue weighted by molar-refractivity contribution is 0.0958. The molecule has 192 valence electrons. The molecule has 0 radical (unpaired) electrons. The van der Waals surface area contributed by atoms with Crippen LogP contribution in [0, 0.1) is 0 Å². The van der Waals surface area contributed by atoms with Crippen LogP contribution in [0.1, 0.15) is 23.2 Å². The lowest BCUT2D eigenvalue weighted by Gasteiger charge is -2.29. The molecule has 11 nitrogen and oxygen atoms in total. The van der Waals surface area contributed by atoms with Crippen molar-refractivity contribution in [3.8, 4) is 17.4 Å². The van der Waals surface area contributed by atoms with Crippen molar-refractivity contribution in [2.75, 3.05) is 44.1 Å². The quantitative estimate of drug-likeness (QED) is 0.374. The Morgan fingerprint density at radius 1 is 1.16 bits per heavy atom. The van der Waals surface area contributed by atoms with E-state index in [1.807, 2.05) is 18.2 Å². The molecule has 2 aromatic heterocycles. The number of hydrogen-bond donors (Lipinski definition) is 3. The van der Waals surface area contributed by atoms with Crippen molar-refractivity contribution in [2.24, 2.45) is 0 Å². The van der Waals surface area contributed by atoms with Gasteiger partial charge in [0.2, 0.25) is 18.6 Å². The number of anilines is 4. The summed E-state index contributed by atoms with van der Waals surface area (Å²) in [7, 11) is 2.11. The van der Waals surface area contributed by atoms with Crippen LogP contribution in [0.4, 0.5) is 23.3 Å². The molecular weight excluding hydrogens is 474 g/mol. The number of aromatic nitrogens is 3. The summed E-state index contributed by atoms with van der Waals surface area (Å²) >= 11 is 0. The Balaban J connectivity index is 1.36. The van der Waals surface area contributed by atoms with Gasteiger partial charge in [-0.25, -0.2) is 4.98 Å². The maximum atomic E-state index is 12.8. The number of nitrogens with zero attached hydrogens (tertiary/aromatic N) is 4. The van der Waals surface area contributed by atoms with Gasteiger partial charge in [-0.05, 0) is 38.1 Å². The topological polar surface area (TPSA) is 123 Å². The summed E-state index contributed by atoms with van der Waals surface area (Å²) in [5.74, 6) is 2.58. The summed E-state index contributed by atoms with van der Waals surface area (Å²) in [5.41, 5.74) is 0.979. The highest BCUT2D eigenvalue weighted by Gasteiger charge is 2.20. The summed E-state index contributed by atoms with van der Waals surface area (Å²) in [5, 5.41) is 9.07. The number of hydrogen-bond acceptors (Lipinski definition) is 10. The van der Waals surface area contributed by atoms with E-state index in [9.17, 15) is 4.79 Å². The average Bonchev–Trinajstić information content (AvgIpc) is 3.37. The van der Waals surface area contributed by atoms with Gasteiger partial charge in [0.1, 0.15) is 23.3 Å². The molecule has 1 amide bonds. The number of pyridine rings is 1. The number of fused-ring (bicyclic) bond motifs is 1. The zero-order valence-corrected chi connectivity index (χ0v) is 20.6. The molecule has 0 aliphatic carbocycles. The number of amides is 1. The zero-order chi connectivity index (χ0) is 25.6. The molecule has 0 unspecified atom stereocenters. The summed E-state index contributed by atoms with van der Waals surface area (Å²) in [4.78, 5) is 28.6. The molecule has 2 aliphatic rings. The lowest BCUT2D eigenvalue weighted by Crippen LogP contribution is -2.35. The van der Waals surface area contributed by atoms with Gasteiger partial charge in [-0.3, -0.25) is 4.79 Å². The van der Waals surface area contributed by atoms with Gasteiger partial charge < -0.3 is 35.1 Å². The van der Waals surface area contributed by atoms with Gasteiger partial charge in [0.05, 0.1) is 0 Å². The van der Waals surface area contributed by atoms with Crippen molar-refractivity contribution in [1.29, 1.82) is 0 Å². The summed E-state index contributed by atoms with van der Waals surface area (Å²) in [6.45, 7) is 6.13. The van der Waals surface area contributed by atoms with Crippen molar-refractivity contribution in [3.05, 3.63) is 60.8 Å². The molecule has 0 spiro atoms. The Hall–Kier alpha value is -4.38. The number of ether oxygens (including phenoxy) is 3. The molecule has 0 atom stereocenters. The zero-order valence-electron chi connectivity index (χ0n) is 20.6. The first-order valence-corrected chi connectivity index (χ1v) is 12.1. The predicted octanol–water partition coefficient (Wildman–Crippen LogP) is 3.48. The Morgan fingerprint density at radius 2 is 2.00 bits per heavy atom. The SMILES string of the molecule is C=CCNC(=O)c1cnc(Nc2ccc3c(c2)OCO3)nc1Nc1cccc(OC2CCN(C)CC2)n1. The van der Waals surface area contributed by atoms with Crippen LogP contribution < -0.4 is 30.2 Å². The third kappa shape index (κ3) is 6.07. The molecule has 1 aromatic carbocycles. The van der Waals surface area contributed by atoms with E-state index < -0.39 is 0 Å². The summed E-state index contributed by atoms with van der Waals surface area (Å²) in [6.07, 6.45) is 5.08. The molecule has 0 saturated carbocycles. The lowest BCUT2D eigenvalue weighted by atomic mass is 10.1. The molecule has 3 N–H and O–H groups in total. The van der Waals surface area contributed by atoms with Gasteiger partial charge in [0.25, 0.3) is 5.91 Å². The molecule has 11 heteroatoms. The van der Waals surface area contributed by atoms with Gasteiger partial charge in [-0.2, -0.15) is 9.97 Å². The minimum Gasteiger partial charge on any atom is -0.474 e. The normalized spacial score (nSPS) is 15.2. The predicted molar refractivity (Wildman–Crippen MR) is 139 cm³/mol. The molecular formula is C26H29N7O4. The molecule has 1 fully saturated rings. The molecule has 5 rings (SSSR count). The van der Waals surface area contributed by atoms with Crippen LogP contribution in [0.15, 0.2) is 55.3 Å². The first-order valence-electron chi connectivity index (χ1n) is 12.1. The second-order valence-electron chi connectivity index (χ2n) is 8.75. The van der Waals surface area contributed by atoms with E-state index in [1.165, 1.54) is 6.20 Å². The van der Waals surface area contributed by atoms with Crippen molar-refractivity contribution in [2.45, 2.75) is 18.9 Å². The summed E-state index contributed by atoms with van der Waals surface area (Å²) in [6, 6.07) is 10.9. The molecule has 1 saturated heterocycles. The Bertz CT molecular complexity index is 1280. The van der Waals surface area contributed by atoms with E-state index in [0.29, 0.717) is 47.2 Å². The standard InChI is InChI=1S/C26H29N7O4/c1-3-11-27-25(34)19-15-28-26(29-17-7-8-20-21(14-17)36-16-35-20)32-24(19)31-22-5-4-6-23(30-22)37-18-9-12-33(2)13-10-18/h3-8,14-15,18H,1,9-13,16H2,2H3,(H,27,34)(H2,28,29,30,31,32). The number of nitrogens with one attached hydrogen (secondary N) is 3. The molecule has 37 heavy (non-hydrogen) atoms. The molecule has 3 aromatic rings. The van der Waals surface area contributed by atoms with Crippen molar-refractivity contribution in [1.82, 2.24) is 25.2 Å². The highest BCUT2D eigenvalue weighted by atomic mass is 16.7. The number of carbonyl (C=O) groups is 1. The van der Waals surface area contributed by atoms with Crippen LogP contribution in [0.25, 0.3) is 0 Å². The van der Waals surface area contributed by atoms with Crippen LogP contribution in [0.2, 0.25) is 0 Å². The second kappa shape index (κ2) is 11.1. The van der Waals surface area contributed by atoms with Crippen LogP contribution >= 0.6 is 0 Å². The van der Waals surface area contributed by atoms with E-state index in [1.54, 1.807) is 24.3 Å². The fourth-order valence-electron chi connectivity index (χ4n) is 4.01. The van der Waals surface area contributed by atoms with Crippen molar-refractivity contribution in [3.63, 3.8) is 0 Å². The number of rotatable bonds is 9. The molecule has 4 heterocycles. The van der Waals surface area contributed by atoms with Crippen LogP contribution in [-0.4, -0.2) is 65.3 Å². The molecule has 2 aliphatic heterocycles. The fourth-order valence-corrected chi connectivity index (χ4v) is 4.01. The van der Waals surface area contributed by atoms with Gasteiger partial charge >= 0.3 is 0 Å². The largest absolute Gasteiger partial charge is 0.474 e. The monoisotopic (exact) mass is 503 g/mol. The van der Waals surface area contributed by atoms with E-state index >= 15 is 0 Å². The van der Waals surface area contributed by atoms with Crippen LogP contribution in [0.5, 0.6) is 17.4 Å². The Morgan fingerprint density at radius 3 is 2.84 bits per heavy atom. The third-order valence-electron chi connectivity index (χ3n) is 5.99. The average molecular weight is 504 g/mol. The number of likely N-dealkylation sites (tertiary alicyclic amines) is 1. The number of benzene rings is 1. The van der Waals surface area contributed by atoms with Crippen molar-refractivity contribution < 1.29 is 19.0 Å². The smallest absolute Gasteiger partial charge is 0.256 e. The van der Waals surface area contributed by atoms with E-state index in [-0.39, 0.29) is 24.4 Å². The summed E-state index contributed by atoms with van der Waals surface area (Å²) < 4.78 is 16.9. The second-order valence-corrected chi connectivity index (χ2v) is 8.75. The Labute approximate surface area is 214 Å². The number of piperidine rings is 1. The van der Waals surface area contributed by atoms with Gasteiger partial charge in [0, 0.05) is 43.7 Å². The minimum absolute atomic E-state index is 0.121. The van der Waals surface area contributed by atoms with Crippen LogP contribution in [0.3, 0.4) is 0 Å². The van der Waals surface area contributed by atoms with E-state index in [4.69, 9.17) is 14.2 Å². The highest BCUT2D eigenvalue weighted by Crippen LogP contribution is 2.35. The fraction of sp³-hybridized carbons (Fsp3) is 0.308.